The van der Waals surface area contributed by atoms with Crippen molar-refractivity contribution in [3.05, 3.63) is 23.7 Å². The van der Waals surface area contributed by atoms with Crippen LogP contribution in [0.15, 0.2) is 16.5 Å². The molecule has 1 N–H and O–H groups in total. The lowest BCUT2D eigenvalue weighted by Gasteiger charge is -2.30. The molecule has 0 spiro atoms. The molecular weight excluding hydrogens is 282 g/mol. The lowest BCUT2D eigenvalue weighted by atomic mass is 10.1. The Labute approximate surface area is 130 Å². The van der Waals surface area contributed by atoms with Gasteiger partial charge in [0.2, 0.25) is 0 Å². The summed E-state index contributed by atoms with van der Waals surface area (Å²) in [5, 5.41) is 3.23. The van der Waals surface area contributed by atoms with Gasteiger partial charge in [0.05, 0.1) is 6.04 Å². The zero-order valence-corrected chi connectivity index (χ0v) is 13.0. The Balaban J connectivity index is 1.65. The van der Waals surface area contributed by atoms with Crippen LogP contribution in [-0.4, -0.2) is 60.8 Å². The Morgan fingerprint density at radius 3 is 2.55 bits per heavy atom. The molecule has 120 valence electrons. The number of hydrogen-bond donors (Lipinski definition) is 1. The second-order valence-corrected chi connectivity index (χ2v) is 5.99. The molecule has 0 aromatic carbocycles. The van der Waals surface area contributed by atoms with Crippen molar-refractivity contribution < 1.29 is 14.0 Å². The van der Waals surface area contributed by atoms with E-state index in [1.807, 2.05) is 11.0 Å². The van der Waals surface area contributed by atoms with Gasteiger partial charge in [-0.25, -0.2) is 0 Å². The average Bonchev–Trinajstić information content (AvgIpc) is 3.05. The number of likely N-dealkylation sites (tertiary alicyclic amines) is 1. The second kappa shape index (κ2) is 6.62. The molecule has 1 aromatic heterocycles. The molecular formula is C16H23N3O3. The van der Waals surface area contributed by atoms with Crippen LogP contribution < -0.4 is 5.32 Å². The smallest absolute Gasteiger partial charge is 0.289 e. The van der Waals surface area contributed by atoms with Gasteiger partial charge in [-0.15, -0.1) is 0 Å². The van der Waals surface area contributed by atoms with Gasteiger partial charge in [-0.05, 0) is 19.1 Å². The highest BCUT2D eigenvalue weighted by molar-refractivity contribution is 5.91. The van der Waals surface area contributed by atoms with E-state index < -0.39 is 0 Å². The van der Waals surface area contributed by atoms with E-state index in [0.29, 0.717) is 24.4 Å². The SMILES string of the molecule is CC(c1ccc(C(=O)N2CCNCC2)o1)N1CCC(=O)CC1. The van der Waals surface area contributed by atoms with Gasteiger partial charge in [0, 0.05) is 52.1 Å². The lowest BCUT2D eigenvalue weighted by molar-refractivity contribution is -0.121. The topological polar surface area (TPSA) is 65.8 Å². The minimum atomic E-state index is -0.0335. The van der Waals surface area contributed by atoms with Crippen LogP contribution in [0.25, 0.3) is 0 Å². The first kappa shape index (κ1) is 15.2. The lowest BCUT2D eigenvalue weighted by Crippen LogP contribution is -2.46. The van der Waals surface area contributed by atoms with E-state index in [-0.39, 0.29) is 11.9 Å². The van der Waals surface area contributed by atoms with Gasteiger partial charge < -0.3 is 14.6 Å². The maximum Gasteiger partial charge on any atom is 0.289 e. The third kappa shape index (κ3) is 3.23. The van der Waals surface area contributed by atoms with E-state index in [4.69, 9.17) is 4.42 Å². The largest absolute Gasteiger partial charge is 0.454 e. The average molecular weight is 305 g/mol. The van der Waals surface area contributed by atoms with Crippen molar-refractivity contribution in [2.24, 2.45) is 0 Å². The first-order valence-electron chi connectivity index (χ1n) is 8.00. The summed E-state index contributed by atoms with van der Waals surface area (Å²) in [4.78, 5) is 27.8. The minimum Gasteiger partial charge on any atom is -0.454 e. The van der Waals surface area contributed by atoms with Crippen LogP contribution in [0, 0.1) is 0 Å². The van der Waals surface area contributed by atoms with Crippen LogP contribution in [0.1, 0.15) is 42.1 Å². The molecule has 0 aliphatic carbocycles. The fourth-order valence-electron chi connectivity index (χ4n) is 3.06. The molecule has 6 nitrogen and oxygen atoms in total. The number of carbonyl (C=O) groups is 2. The molecule has 6 heteroatoms. The molecule has 2 saturated heterocycles. The van der Waals surface area contributed by atoms with E-state index in [2.05, 4.69) is 17.1 Å². The van der Waals surface area contributed by atoms with Gasteiger partial charge in [0.1, 0.15) is 11.5 Å². The van der Waals surface area contributed by atoms with Crippen molar-refractivity contribution in [1.29, 1.82) is 0 Å². The number of carbonyl (C=O) groups excluding carboxylic acids is 2. The molecule has 22 heavy (non-hydrogen) atoms. The number of hydrogen-bond acceptors (Lipinski definition) is 5. The number of rotatable bonds is 3. The number of piperazine rings is 1. The van der Waals surface area contributed by atoms with E-state index in [0.717, 1.165) is 45.0 Å². The third-order valence-corrected chi connectivity index (χ3v) is 4.56. The Morgan fingerprint density at radius 2 is 1.86 bits per heavy atom. The summed E-state index contributed by atoms with van der Waals surface area (Å²) in [6.07, 6.45) is 1.22. The molecule has 2 fully saturated rings. The standard InChI is InChI=1S/C16H23N3O3/c1-12(18-8-4-13(20)5-9-18)14-2-3-15(22-14)16(21)19-10-6-17-7-11-19/h2-3,12,17H,4-11H2,1H3. The fourth-order valence-corrected chi connectivity index (χ4v) is 3.06. The summed E-state index contributed by atoms with van der Waals surface area (Å²) >= 11 is 0. The van der Waals surface area contributed by atoms with Crippen molar-refractivity contribution >= 4 is 11.7 Å². The monoisotopic (exact) mass is 305 g/mol. The molecule has 1 atom stereocenters. The highest BCUT2D eigenvalue weighted by Gasteiger charge is 2.26. The van der Waals surface area contributed by atoms with Crippen molar-refractivity contribution in [3.63, 3.8) is 0 Å². The maximum absolute atomic E-state index is 12.4. The molecule has 3 heterocycles. The second-order valence-electron chi connectivity index (χ2n) is 5.99. The van der Waals surface area contributed by atoms with Crippen molar-refractivity contribution in [1.82, 2.24) is 15.1 Å². The van der Waals surface area contributed by atoms with E-state index in [9.17, 15) is 9.59 Å². The van der Waals surface area contributed by atoms with Gasteiger partial charge in [-0.1, -0.05) is 0 Å². The Kier molecular flexibility index (Phi) is 4.59. The molecule has 0 saturated carbocycles. The Bertz CT molecular complexity index is 539. The van der Waals surface area contributed by atoms with Crippen LogP contribution in [0.4, 0.5) is 0 Å². The summed E-state index contributed by atoms with van der Waals surface area (Å²) in [5.74, 6) is 1.51. The molecule has 2 aliphatic rings. The molecule has 1 unspecified atom stereocenters. The summed E-state index contributed by atoms with van der Waals surface area (Å²) in [6.45, 7) is 6.70. The van der Waals surface area contributed by atoms with E-state index >= 15 is 0 Å². The zero-order valence-electron chi connectivity index (χ0n) is 13.0. The number of ketones is 1. The highest BCUT2D eigenvalue weighted by Crippen LogP contribution is 2.25. The summed E-state index contributed by atoms with van der Waals surface area (Å²) in [6, 6.07) is 3.75. The zero-order chi connectivity index (χ0) is 15.5. The first-order chi connectivity index (χ1) is 10.6. The first-order valence-corrected chi connectivity index (χ1v) is 8.00. The van der Waals surface area contributed by atoms with Gasteiger partial charge in [-0.2, -0.15) is 0 Å². The summed E-state index contributed by atoms with van der Waals surface area (Å²) < 4.78 is 5.80. The van der Waals surface area contributed by atoms with Crippen LogP contribution in [0.5, 0.6) is 0 Å². The van der Waals surface area contributed by atoms with Crippen molar-refractivity contribution in [3.8, 4) is 0 Å². The molecule has 0 bridgehead atoms. The minimum absolute atomic E-state index is 0.0335. The highest BCUT2D eigenvalue weighted by atomic mass is 16.4. The quantitative estimate of drug-likeness (QED) is 0.904. The van der Waals surface area contributed by atoms with Gasteiger partial charge in [0.15, 0.2) is 5.76 Å². The van der Waals surface area contributed by atoms with Gasteiger partial charge in [-0.3, -0.25) is 14.5 Å². The van der Waals surface area contributed by atoms with Crippen molar-refractivity contribution in [2.45, 2.75) is 25.8 Å². The molecule has 3 rings (SSSR count). The summed E-state index contributed by atoms with van der Waals surface area (Å²) in [5.41, 5.74) is 0. The number of piperidine rings is 1. The Hall–Kier alpha value is -1.66. The van der Waals surface area contributed by atoms with Crippen LogP contribution >= 0.6 is 0 Å². The maximum atomic E-state index is 12.4. The number of Topliss-reactive ketones (excluding diaryl/α,β-unsaturated/α-hetero) is 1. The van der Waals surface area contributed by atoms with Gasteiger partial charge in [0.25, 0.3) is 5.91 Å². The molecule has 0 radical (unpaired) electrons. The predicted molar refractivity (Wildman–Crippen MR) is 81.7 cm³/mol. The normalized spacial score (nSPS) is 21.9. The molecule has 1 aromatic rings. The Morgan fingerprint density at radius 1 is 1.18 bits per heavy atom. The molecule has 2 aliphatic heterocycles. The summed E-state index contributed by atoms with van der Waals surface area (Å²) in [7, 11) is 0. The van der Waals surface area contributed by atoms with Crippen molar-refractivity contribution in [2.75, 3.05) is 39.3 Å². The number of nitrogens with zero attached hydrogens (tertiary/aromatic N) is 2. The third-order valence-electron chi connectivity index (χ3n) is 4.56. The number of nitrogens with one attached hydrogen (secondary N) is 1. The number of amides is 1. The van der Waals surface area contributed by atoms with Crippen LogP contribution in [-0.2, 0) is 4.79 Å². The van der Waals surface area contributed by atoms with E-state index in [1.165, 1.54) is 0 Å². The van der Waals surface area contributed by atoms with Crippen LogP contribution in [0.2, 0.25) is 0 Å². The van der Waals surface area contributed by atoms with Gasteiger partial charge >= 0.3 is 0 Å². The fraction of sp³-hybridized carbons (Fsp3) is 0.625. The van der Waals surface area contributed by atoms with E-state index in [1.54, 1.807) is 6.07 Å². The number of furan rings is 1. The van der Waals surface area contributed by atoms with Crippen LogP contribution in [0.3, 0.4) is 0 Å². The molecule has 1 amide bonds. The predicted octanol–water partition coefficient (Wildman–Crippen LogP) is 1.05.